The van der Waals surface area contributed by atoms with Crippen LogP contribution in [0.3, 0.4) is 0 Å². The number of alkyl carbamates (subject to hydrolysis) is 1. The number of carbonyl (C=O) groups excluding carboxylic acids is 1. The van der Waals surface area contributed by atoms with Gasteiger partial charge in [-0.05, 0) is 13.8 Å². The van der Waals surface area contributed by atoms with Crippen molar-refractivity contribution >= 4 is 6.09 Å². The second-order valence-corrected chi connectivity index (χ2v) is 4.91. The van der Waals surface area contributed by atoms with Gasteiger partial charge in [-0.15, -0.1) is 0 Å². The van der Waals surface area contributed by atoms with Crippen molar-refractivity contribution in [3.05, 3.63) is 36.4 Å². The van der Waals surface area contributed by atoms with Crippen molar-refractivity contribution in [3.63, 3.8) is 0 Å². The standard InChI is InChI=1S/C8H15NO3.C6H6.C2H6/c1-8(2,11)5-6-3-4-9-7(10)12-6;1-2-4-6-5-3-1;1-2/h6,11H,3-5H2,1-2H3,(H,9,10);1-6H;1-2H3. The van der Waals surface area contributed by atoms with Gasteiger partial charge in [0.05, 0.1) is 5.60 Å². The lowest BCUT2D eigenvalue weighted by Crippen LogP contribution is -2.40. The number of carbonyl (C=O) groups is 1. The van der Waals surface area contributed by atoms with Gasteiger partial charge in [0.25, 0.3) is 0 Å². The van der Waals surface area contributed by atoms with E-state index in [2.05, 4.69) is 5.32 Å². The lowest BCUT2D eigenvalue weighted by Gasteiger charge is -2.28. The van der Waals surface area contributed by atoms with Gasteiger partial charge in [-0.1, -0.05) is 50.2 Å². The fourth-order valence-electron chi connectivity index (χ4n) is 1.67. The largest absolute Gasteiger partial charge is 0.446 e. The summed E-state index contributed by atoms with van der Waals surface area (Å²) in [6.45, 7) is 8.06. The van der Waals surface area contributed by atoms with E-state index in [1.165, 1.54) is 0 Å². The van der Waals surface area contributed by atoms with Crippen LogP contribution in [0.1, 0.15) is 40.5 Å². The summed E-state index contributed by atoms with van der Waals surface area (Å²) in [6.07, 6.45) is 0.755. The van der Waals surface area contributed by atoms with E-state index in [4.69, 9.17) is 4.74 Å². The molecule has 1 atom stereocenters. The molecule has 1 aromatic carbocycles. The molecule has 0 bridgehead atoms. The van der Waals surface area contributed by atoms with Crippen LogP contribution in [0.4, 0.5) is 4.79 Å². The van der Waals surface area contributed by atoms with Gasteiger partial charge in [0, 0.05) is 19.4 Å². The number of ether oxygens (including phenoxy) is 1. The van der Waals surface area contributed by atoms with E-state index in [0.717, 1.165) is 6.42 Å². The molecule has 1 heterocycles. The molecule has 0 aromatic heterocycles. The summed E-state index contributed by atoms with van der Waals surface area (Å²) in [5, 5.41) is 12.0. The maximum atomic E-state index is 10.7. The van der Waals surface area contributed by atoms with E-state index in [1.807, 2.05) is 50.2 Å². The SMILES string of the molecule is CC.CC(C)(O)CC1CCNC(=O)O1.c1ccccc1. The Morgan fingerprint density at radius 2 is 1.65 bits per heavy atom. The van der Waals surface area contributed by atoms with Gasteiger partial charge in [0.1, 0.15) is 6.10 Å². The van der Waals surface area contributed by atoms with Crippen LogP contribution in [-0.4, -0.2) is 29.4 Å². The third-order valence-electron chi connectivity index (χ3n) is 2.40. The molecule has 1 amide bonds. The van der Waals surface area contributed by atoms with Crippen LogP contribution in [0, 0.1) is 0 Å². The topological polar surface area (TPSA) is 58.6 Å². The Bertz CT molecular complexity index is 320. The molecule has 1 unspecified atom stereocenters. The molecule has 1 aliphatic rings. The van der Waals surface area contributed by atoms with Crippen molar-refractivity contribution in [2.24, 2.45) is 0 Å². The van der Waals surface area contributed by atoms with E-state index < -0.39 is 5.60 Å². The maximum absolute atomic E-state index is 10.7. The summed E-state index contributed by atoms with van der Waals surface area (Å²) in [5.41, 5.74) is -0.762. The fourth-order valence-corrected chi connectivity index (χ4v) is 1.67. The van der Waals surface area contributed by atoms with Crippen molar-refractivity contribution in [2.45, 2.75) is 52.2 Å². The van der Waals surface area contributed by atoms with Crippen molar-refractivity contribution in [3.8, 4) is 0 Å². The highest BCUT2D eigenvalue weighted by atomic mass is 16.6. The molecule has 4 heteroatoms. The van der Waals surface area contributed by atoms with Crippen molar-refractivity contribution in [1.29, 1.82) is 0 Å². The summed E-state index contributed by atoms with van der Waals surface area (Å²) < 4.78 is 4.95. The molecule has 2 N–H and O–H groups in total. The molecule has 1 saturated heterocycles. The number of rotatable bonds is 2. The molecule has 4 nitrogen and oxygen atoms in total. The Labute approximate surface area is 122 Å². The van der Waals surface area contributed by atoms with Gasteiger partial charge >= 0.3 is 6.09 Å². The minimum atomic E-state index is -0.762. The first-order chi connectivity index (χ1) is 9.47. The Kier molecular flexibility index (Phi) is 9.47. The highest BCUT2D eigenvalue weighted by Crippen LogP contribution is 2.17. The van der Waals surface area contributed by atoms with E-state index in [0.29, 0.717) is 13.0 Å². The van der Waals surface area contributed by atoms with E-state index in [-0.39, 0.29) is 12.2 Å². The van der Waals surface area contributed by atoms with Crippen LogP contribution in [-0.2, 0) is 4.74 Å². The Hall–Kier alpha value is -1.55. The predicted molar refractivity (Wildman–Crippen MR) is 81.6 cm³/mol. The average molecular weight is 281 g/mol. The van der Waals surface area contributed by atoms with Crippen LogP contribution in [0.2, 0.25) is 0 Å². The zero-order valence-corrected chi connectivity index (χ0v) is 12.9. The molecule has 0 radical (unpaired) electrons. The summed E-state index contributed by atoms with van der Waals surface area (Å²) in [6, 6.07) is 12.0. The number of benzene rings is 1. The molecule has 1 aromatic rings. The minimum Gasteiger partial charge on any atom is -0.446 e. The maximum Gasteiger partial charge on any atom is 0.407 e. The second-order valence-electron chi connectivity index (χ2n) is 4.91. The highest BCUT2D eigenvalue weighted by molar-refractivity contribution is 5.67. The molecule has 114 valence electrons. The molecular formula is C16H27NO3. The van der Waals surface area contributed by atoms with Gasteiger partial charge < -0.3 is 15.2 Å². The predicted octanol–water partition coefficient (Wildman–Crippen LogP) is 3.36. The Balaban J connectivity index is 0.000000377. The van der Waals surface area contributed by atoms with E-state index in [9.17, 15) is 9.90 Å². The highest BCUT2D eigenvalue weighted by Gasteiger charge is 2.26. The number of hydrogen-bond donors (Lipinski definition) is 2. The van der Waals surface area contributed by atoms with Crippen molar-refractivity contribution in [2.75, 3.05) is 6.54 Å². The molecule has 0 aliphatic carbocycles. The van der Waals surface area contributed by atoms with Crippen molar-refractivity contribution in [1.82, 2.24) is 5.32 Å². The van der Waals surface area contributed by atoms with Crippen LogP contribution >= 0.6 is 0 Å². The van der Waals surface area contributed by atoms with Gasteiger partial charge in [0.2, 0.25) is 0 Å². The van der Waals surface area contributed by atoms with Crippen LogP contribution in [0.5, 0.6) is 0 Å². The number of aliphatic hydroxyl groups is 1. The first-order valence-electron chi connectivity index (χ1n) is 7.14. The summed E-state index contributed by atoms with van der Waals surface area (Å²) >= 11 is 0. The molecular weight excluding hydrogens is 254 g/mol. The lowest BCUT2D eigenvalue weighted by molar-refractivity contribution is -0.00241. The molecule has 1 aliphatic heterocycles. The first-order valence-corrected chi connectivity index (χ1v) is 7.14. The van der Waals surface area contributed by atoms with Gasteiger partial charge in [-0.25, -0.2) is 4.79 Å². The van der Waals surface area contributed by atoms with Crippen LogP contribution in [0.25, 0.3) is 0 Å². The van der Waals surface area contributed by atoms with Gasteiger partial charge in [-0.2, -0.15) is 0 Å². The number of cyclic esters (lactones) is 1. The summed E-state index contributed by atoms with van der Waals surface area (Å²) in [5.74, 6) is 0. The molecule has 20 heavy (non-hydrogen) atoms. The van der Waals surface area contributed by atoms with E-state index >= 15 is 0 Å². The molecule has 1 fully saturated rings. The molecule has 2 rings (SSSR count). The zero-order valence-electron chi connectivity index (χ0n) is 12.9. The van der Waals surface area contributed by atoms with Crippen LogP contribution in [0.15, 0.2) is 36.4 Å². The fraction of sp³-hybridized carbons (Fsp3) is 0.562. The normalized spacial score (nSPS) is 17.4. The number of hydrogen-bond acceptors (Lipinski definition) is 3. The van der Waals surface area contributed by atoms with Gasteiger partial charge in [0.15, 0.2) is 0 Å². The smallest absolute Gasteiger partial charge is 0.407 e. The average Bonchev–Trinajstić information content (AvgIpc) is 2.42. The lowest BCUT2D eigenvalue weighted by atomic mass is 9.99. The Morgan fingerprint density at radius 1 is 1.20 bits per heavy atom. The summed E-state index contributed by atoms with van der Waals surface area (Å²) in [4.78, 5) is 10.7. The van der Waals surface area contributed by atoms with E-state index in [1.54, 1.807) is 13.8 Å². The van der Waals surface area contributed by atoms with Crippen molar-refractivity contribution < 1.29 is 14.6 Å². The van der Waals surface area contributed by atoms with Gasteiger partial charge in [-0.3, -0.25) is 0 Å². The summed E-state index contributed by atoms with van der Waals surface area (Å²) in [7, 11) is 0. The molecule has 0 spiro atoms. The number of nitrogens with one attached hydrogen (secondary N) is 1. The zero-order chi connectivity index (χ0) is 15.4. The second kappa shape index (κ2) is 10.3. The third kappa shape index (κ3) is 10.4. The monoisotopic (exact) mass is 281 g/mol. The quantitative estimate of drug-likeness (QED) is 0.874. The number of amides is 1. The molecule has 0 saturated carbocycles. The Morgan fingerprint density at radius 3 is 2.00 bits per heavy atom. The first kappa shape index (κ1) is 18.4. The minimum absolute atomic E-state index is 0.140. The third-order valence-corrected chi connectivity index (χ3v) is 2.40. The van der Waals surface area contributed by atoms with Crippen LogP contribution < -0.4 is 5.32 Å².